The van der Waals surface area contributed by atoms with Crippen molar-refractivity contribution in [3.05, 3.63) is 54.5 Å². The first-order valence-electron chi connectivity index (χ1n) is 11.7. The first-order chi connectivity index (χ1) is 16.5. The van der Waals surface area contributed by atoms with Crippen LogP contribution in [0.2, 0.25) is 0 Å². The van der Waals surface area contributed by atoms with Crippen molar-refractivity contribution in [2.45, 2.75) is 52.6 Å². The highest BCUT2D eigenvalue weighted by molar-refractivity contribution is 5.76. The predicted molar refractivity (Wildman–Crippen MR) is 130 cm³/mol. The number of imidazole rings is 1. The van der Waals surface area contributed by atoms with Crippen LogP contribution in [-0.4, -0.2) is 42.1 Å². The smallest absolute Gasteiger partial charge is 0.306 e. The predicted octanol–water partition coefficient (Wildman–Crippen LogP) is 5.44. The van der Waals surface area contributed by atoms with Crippen LogP contribution >= 0.6 is 0 Å². The largest absolute Gasteiger partial charge is 0.481 e. The minimum atomic E-state index is -0.712. The summed E-state index contributed by atoms with van der Waals surface area (Å²) in [6.07, 6.45) is 6.31. The van der Waals surface area contributed by atoms with E-state index in [0.29, 0.717) is 24.4 Å². The van der Waals surface area contributed by atoms with Crippen LogP contribution in [0, 0.1) is 12.8 Å². The zero-order chi connectivity index (χ0) is 24.1. The number of rotatable bonds is 5. The molecule has 4 heterocycles. The second-order valence-electron chi connectivity index (χ2n) is 8.16. The van der Waals surface area contributed by atoms with Gasteiger partial charge in [-0.05, 0) is 62.9 Å². The van der Waals surface area contributed by atoms with Gasteiger partial charge in [0.2, 0.25) is 5.88 Å². The molecule has 8 nitrogen and oxygen atoms in total. The summed E-state index contributed by atoms with van der Waals surface area (Å²) >= 11 is 0. The number of aliphatic carboxylic acids is 1. The Balaban J connectivity index is 0.00000133. The van der Waals surface area contributed by atoms with Crippen molar-refractivity contribution in [1.82, 2.24) is 24.9 Å². The molecule has 176 valence electrons. The first kappa shape index (κ1) is 23.4. The fourth-order valence-electron chi connectivity index (χ4n) is 4.03. The summed E-state index contributed by atoms with van der Waals surface area (Å²) in [4.78, 5) is 32.3. The Labute approximate surface area is 198 Å². The molecule has 4 aromatic heterocycles. The molecule has 0 atom stereocenters. The number of carbonyl (C=O) groups is 1. The van der Waals surface area contributed by atoms with Gasteiger partial charge >= 0.3 is 5.97 Å². The van der Waals surface area contributed by atoms with Gasteiger partial charge in [0.15, 0.2) is 5.65 Å². The lowest BCUT2D eigenvalue weighted by atomic mass is 9.87. The van der Waals surface area contributed by atoms with Crippen LogP contribution in [0.5, 0.6) is 5.88 Å². The molecule has 1 saturated carbocycles. The number of carboxylic acid groups (broad SMARTS) is 1. The van der Waals surface area contributed by atoms with Gasteiger partial charge in [-0.15, -0.1) is 0 Å². The minimum absolute atomic E-state index is 0.0171. The molecule has 0 amide bonds. The second kappa shape index (κ2) is 10.4. The number of hydrogen-bond donors (Lipinski definition) is 2. The lowest BCUT2D eigenvalue weighted by molar-refractivity contribution is -0.143. The van der Waals surface area contributed by atoms with E-state index < -0.39 is 5.97 Å². The molecule has 0 spiro atoms. The summed E-state index contributed by atoms with van der Waals surface area (Å²) in [6.45, 7) is 5.94. The molecule has 0 unspecified atom stereocenters. The maximum Gasteiger partial charge on any atom is 0.306 e. The van der Waals surface area contributed by atoms with E-state index in [9.17, 15) is 4.79 Å². The molecule has 0 aliphatic heterocycles. The Morgan fingerprint density at radius 3 is 2.32 bits per heavy atom. The Morgan fingerprint density at radius 1 is 0.941 bits per heavy atom. The van der Waals surface area contributed by atoms with E-state index in [4.69, 9.17) is 9.84 Å². The normalized spacial score (nSPS) is 17.6. The number of aryl methyl sites for hydroxylation is 1. The summed E-state index contributed by atoms with van der Waals surface area (Å²) in [5, 5.41) is 9.11. The van der Waals surface area contributed by atoms with Gasteiger partial charge in [0.25, 0.3) is 0 Å². The number of hydrogen-bond acceptors (Lipinski definition) is 6. The van der Waals surface area contributed by atoms with E-state index in [2.05, 4.69) is 24.9 Å². The lowest BCUT2D eigenvalue weighted by Gasteiger charge is -2.26. The van der Waals surface area contributed by atoms with E-state index in [1.165, 1.54) is 0 Å². The number of nitrogens with one attached hydrogen (secondary N) is 1. The third kappa shape index (κ3) is 5.22. The number of carboxylic acids is 1. The summed E-state index contributed by atoms with van der Waals surface area (Å²) in [5.41, 5.74) is 5.10. The van der Waals surface area contributed by atoms with Crippen LogP contribution in [0.25, 0.3) is 33.8 Å². The van der Waals surface area contributed by atoms with Gasteiger partial charge < -0.3 is 14.8 Å². The molecule has 1 aliphatic rings. The van der Waals surface area contributed by atoms with Gasteiger partial charge in [0.05, 0.1) is 17.1 Å². The van der Waals surface area contributed by atoms with Crippen molar-refractivity contribution in [2.75, 3.05) is 0 Å². The van der Waals surface area contributed by atoms with Gasteiger partial charge in [-0.3, -0.25) is 9.78 Å². The van der Waals surface area contributed by atoms with Crippen LogP contribution in [0.4, 0.5) is 0 Å². The Hall–Kier alpha value is -3.81. The van der Waals surface area contributed by atoms with Crippen molar-refractivity contribution in [2.24, 2.45) is 5.92 Å². The average molecular weight is 460 g/mol. The van der Waals surface area contributed by atoms with Crippen molar-refractivity contribution < 1.29 is 14.6 Å². The van der Waals surface area contributed by atoms with Crippen LogP contribution in [0.15, 0.2) is 48.8 Å². The molecule has 0 radical (unpaired) electrons. The first-order valence-corrected chi connectivity index (χ1v) is 11.7. The molecule has 0 saturated heterocycles. The van der Waals surface area contributed by atoms with E-state index in [-0.39, 0.29) is 12.0 Å². The van der Waals surface area contributed by atoms with Crippen molar-refractivity contribution >= 4 is 17.1 Å². The molecule has 34 heavy (non-hydrogen) atoms. The molecule has 2 N–H and O–H groups in total. The van der Waals surface area contributed by atoms with E-state index in [0.717, 1.165) is 46.7 Å². The maximum absolute atomic E-state index is 11.1. The SMILES string of the molecule is CC.Cc1ccc2[nH]c(-c3ccc(-c4ccc(OC5CCC(C(=O)O)CC5)nc4)nc3)nc2n1. The summed E-state index contributed by atoms with van der Waals surface area (Å²) in [5.74, 6) is 0.321. The molecule has 1 fully saturated rings. The van der Waals surface area contributed by atoms with Crippen molar-refractivity contribution in [3.63, 3.8) is 0 Å². The monoisotopic (exact) mass is 459 g/mol. The number of aromatic nitrogens is 5. The van der Waals surface area contributed by atoms with Gasteiger partial charge in [-0.1, -0.05) is 13.8 Å². The minimum Gasteiger partial charge on any atom is -0.481 e. The fraction of sp³-hybridized carbons (Fsp3) is 0.346. The zero-order valence-corrected chi connectivity index (χ0v) is 19.7. The molecule has 5 rings (SSSR count). The van der Waals surface area contributed by atoms with Crippen LogP contribution in [0.3, 0.4) is 0 Å². The van der Waals surface area contributed by atoms with Gasteiger partial charge in [0, 0.05) is 35.3 Å². The fourth-order valence-corrected chi connectivity index (χ4v) is 4.03. The van der Waals surface area contributed by atoms with Crippen LogP contribution in [0.1, 0.15) is 45.2 Å². The van der Waals surface area contributed by atoms with Gasteiger partial charge in [0.1, 0.15) is 11.9 Å². The standard InChI is InChI=1S/C24H23N5O3.C2H6/c1-14-2-9-20-23(27-14)29-22(28-20)17-5-10-19(25-13-17)16-6-11-21(26-12-16)32-18-7-3-15(4-8-18)24(30)31;1-2/h2,5-6,9-13,15,18H,3-4,7-8H2,1H3,(H,30,31)(H,27,28,29);1-2H3. The van der Waals surface area contributed by atoms with Crippen LogP contribution < -0.4 is 4.74 Å². The summed E-state index contributed by atoms with van der Waals surface area (Å²) < 4.78 is 5.95. The van der Waals surface area contributed by atoms with Crippen molar-refractivity contribution in [3.8, 4) is 28.5 Å². The van der Waals surface area contributed by atoms with E-state index in [1.807, 2.05) is 57.2 Å². The number of ether oxygens (including phenoxy) is 1. The van der Waals surface area contributed by atoms with Crippen LogP contribution in [-0.2, 0) is 4.79 Å². The molecule has 4 aromatic rings. The maximum atomic E-state index is 11.1. The third-order valence-corrected chi connectivity index (χ3v) is 5.87. The summed E-state index contributed by atoms with van der Waals surface area (Å²) in [6, 6.07) is 11.6. The summed E-state index contributed by atoms with van der Waals surface area (Å²) in [7, 11) is 0. The third-order valence-electron chi connectivity index (χ3n) is 5.87. The quantitative estimate of drug-likeness (QED) is 0.408. The van der Waals surface area contributed by atoms with E-state index >= 15 is 0 Å². The highest BCUT2D eigenvalue weighted by Crippen LogP contribution is 2.28. The van der Waals surface area contributed by atoms with Gasteiger partial charge in [-0.25, -0.2) is 15.0 Å². The highest BCUT2D eigenvalue weighted by atomic mass is 16.5. The average Bonchev–Trinajstić information content (AvgIpc) is 3.29. The number of nitrogens with zero attached hydrogens (tertiary/aromatic N) is 4. The Kier molecular flexibility index (Phi) is 7.15. The number of fused-ring (bicyclic) bond motifs is 1. The highest BCUT2D eigenvalue weighted by Gasteiger charge is 2.27. The number of pyridine rings is 3. The molecule has 8 heteroatoms. The number of aromatic amines is 1. The Bertz CT molecular complexity index is 1240. The molecule has 1 aliphatic carbocycles. The Morgan fingerprint density at radius 2 is 1.68 bits per heavy atom. The lowest BCUT2D eigenvalue weighted by Crippen LogP contribution is -2.28. The molecular weight excluding hydrogens is 430 g/mol. The molecular formula is C26H29N5O3. The number of H-pyrrole nitrogens is 1. The van der Waals surface area contributed by atoms with E-state index in [1.54, 1.807) is 12.4 Å². The second-order valence-corrected chi connectivity index (χ2v) is 8.16. The topological polar surface area (TPSA) is 114 Å². The van der Waals surface area contributed by atoms with Crippen molar-refractivity contribution in [1.29, 1.82) is 0 Å². The molecule has 0 bridgehead atoms. The van der Waals surface area contributed by atoms with Gasteiger partial charge in [-0.2, -0.15) is 0 Å². The molecule has 0 aromatic carbocycles. The zero-order valence-electron chi connectivity index (χ0n) is 19.7.